The van der Waals surface area contributed by atoms with E-state index in [9.17, 15) is 9.59 Å². The molecule has 2 aromatic carbocycles. The molecule has 0 unspecified atom stereocenters. The fraction of sp³-hybridized carbons (Fsp3) is 0.364. The molecule has 0 saturated carbocycles. The van der Waals surface area contributed by atoms with E-state index in [1.165, 1.54) is 0 Å². The Balaban J connectivity index is 0.000000185. The second kappa shape index (κ2) is 10.8. The zero-order chi connectivity index (χ0) is 22.2. The van der Waals surface area contributed by atoms with Crippen molar-refractivity contribution in [1.82, 2.24) is 0 Å². The van der Waals surface area contributed by atoms with E-state index < -0.39 is 0 Å². The monoisotopic (exact) mass is 430 g/mol. The largest absolute Gasteiger partial charge is 0.482 e. The van der Waals surface area contributed by atoms with Gasteiger partial charge in [-0.05, 0) is 41.8 Å². The Labute approximate surface area is 180 Å². The van der Waals surface area contributed by atoms with Gasteiger partial charge in [0.05, 0.1) is 24.6 Å². The average Bonchev–Trinajstić information content (AvgIpc) is 2.80. The van der Waals surface area contributed by atoms with Gasteiger partial charge >= 0.3 is 0 Å². The first-order chi connectivity index (χ1) is 15.0. The highest BCUT2D eigenvalue weighted by Crippen LogP contribution is 2.33. The molecule has 2 aliphatic heterocycles. The number of carbonyl (C=O) groups excluding carboxylic acids is 2. The zero-order valence-electron chi connectivity index (χ0n) is 17.3. The van der Waals surface area contributed by atoms with E-state index in [1.807, 2.05) is 0 Å². The first kappa shape index (κ1) is 22.5. The molecule has 31 heavy (non-hydrogen) atoms. The molecule has 2 heterocycles. The van der Waals surface area contributed by atoms with E-state index in [1.54, 1.807) is 48.4 Å². The molecular formula is C22H26N2O7. The van der Waals surface area contributed by atoms with Crippen LogP contribution in [0.4, 0.5) is 11.4 Å². The van der Waals surface area contributed by atoms with Crippen LogP contribution in [0.5, 0.6) is 11.5 Å². The summed E-state index contributed by atoms with van der Waals surface area (Å²) in [6.45, 7) is 1.25. The van der Waals surface area contributed by atoms with Crippen LogP contribution < -0.4 is 19.7 Å². The molecule has 2 aliphatic rings. The van der Waals surface area contributed by atoms with Crippen molar-refractivity contribution < 1.29 is 34.0 Å². The van der Waals surface area contributed by atoms with Gasteiger partial charge in [0.1, 0.15) is 11.5 Å². The van der Waals surface area contributed by atoms with Crippen LogP contribution in [0.25, 0.3) is 0 Å². The van der Waals surface area contributed by atoms with Gasteiger partial charge in [0.2, 0.25) is 0 Å². The molecule has 0 saturated heterocycles. The first-order valence-corrected chi connectivity index (χ1v) is 9.88. The highest BCUT2D eigenvalue weighted by molar-refractivity contribution is 5.98. The molecule has 2 amide bonds. The van der Waals surface area contributed by atoms with Crippen molar-refractivity contribution in [2.24, 2.45) is 0 Å². The lowest BCUT2D eigenvalue weighted by Crippen LogP contribution is -2.39. The molecule has 0 radical (unpaired) electrons. The highest BCUT2D eigenvalue weighted by atomic mass is 16.5. The average molecular weight is 430 g/mol. The number of benzene rings is 2. The Morgan fingerprint density at radius 2 is 1.68 bits per heavy atom. The number of hydrogen-bond acceptors (Lipinski definition) is 7. The third-order valence-electron chi connectivity index (χ3n) is 4.74. The number of nitrogens with zero attached hydrogens (tertiary/aromatic N) is 1. The Morgan fingerprint density at radius 1 is 1.00 bits per heavy atom. The summed E-state index contributed by atoms with van der Waals surface area (Å²) in [7, 11) is 1.64. The molecule has 166 valence electrons. The van der Waals surface area contributed by atoms with Crippen molar-refractivity contribution in [3.63, 3.8) is 0 Å². The fourth-order valence-corrected chi connectivity index (χ4v) is 3.19. The number of ether oxygens (including phenoxy) is 3. The van der Waals surface area contributed by atoms with Crippen LogP contribution >= 0.6 is 0 Å². The van der Waals surface area contributed by atoms with Crippen LogP contribution in [-0.2, 0) is 27.5 Å². The Kier molecular flexibility index (Phi) is 7.82. The molecule has 0 aromatic heterocycles. The van der Waals surface area contributed by atoms with E-state index in [-0.39, 0.29) is 38.2 Å². The molecule has 0 atom stereocenters. The maximum Gasteiger partial charge on any atom is 0.265 e. The second-order valence-corrected chi connectivity index (χ2v) is 6.97. The predicted molar refractivity (Wildman–Crippen MR) is 113 cm³/mol. The van der Waals surface area contributed by atoms with Crippen molar-refractivity contribution >= 4 is 23.2 Å². The van der Waals surface area contributed by atoms with Gasteiger partial charge in [-0.25, -0.2) is 0 Å². The summed E-state index contributed by atoms with van der Waals surface area (Å²) in [4.78, 5) is 24.5. The minimum atomic E-state index is -0.164. The van der Waals surface area contributed by atoms with Gasteiger partial charge in [-0.3, -0.25) is 9.59 Å². The van der Waals surface area contributed by atoms with E-state index in [2.05, 4.69) is 5.32 Å². The molecular weight excluding hydrogens is 404 g/mol. The van der Waals surface area contributed by atoms with Crippen LogP contribution in [0.3, 0.4) is 0 Å². The third kappa shape index (κ3) is 5.72. The normalized spacial score (nSPS) is 14.4. The van der Waals surface area contributed by atoms with E-state index in [4.69, 9.17) is 24.4 Å². The number of methoxy groups -OCH3 is 1. The van der Waals surface area contributed by atoms with Crippen molar-refractivity contribution in [2.45, 2.75) is 19.6 Å². The van der Waals surface area contributed by atoms with Crippen LogP contribution in [0.1, 0.15) is 17.5 Å². The SMILES string of the molecule is COCCCN1C(=O)COc2ccc(CO)cc21.O=C1COc2ccc(CO)cc2N1. The van der Waals surface area contributed by atoms with Crippen molar-refractivity contribution in [1.29, 1.82) is 0 Å². The lowest BCUT2D eigenvalue weighted by atomic mass is 10.1. The molecule has 0 spiro atoms. The van der Waals surface area contributed by atoms with Gasteiger partial charge in [-0.1, -0.05) is 12.1 Å². The van der Waals surface area contributed by atoms with E-state index >= 15 is 0 Å². The molecule has 0 bridgehead atoms. The number of rotatable bonds is 6. The molecule has 2 aromatic rings. The van der Waals surface area contributed by atoms with Crippen LogP contribution in [0.15, 0.2) is 36.4 Å². The van der Waals surface area contributed by atoms with E-state index in [0.29, 0.717) is 30.3 Å². The maximum absolute atomic E-state index is 11.8. The number of fused-ring (bicyclic) bond motifs is 2. The third-order valence-corrected chi connectivity index (χ3v) is 4.74. The van der Waals surface area contributed by atoms with Gasteiger partial charge < -0.3 is 34.6 Å². The van der Waals surface area contributed by atoms with Gasteiger partial charge in [-0.2, -0.15) is 0 Å². The fourth-order valence-electron chi connectivity index (χ4n) is 3.19. The number of aliphatic hydroxyl groups is 2. The first-order valence-electron chi connectivity index (χ1n) is 9.88. The number of amides is 2. The van der Waals surface area contributed by atoms with Crippen molar-refractivity contribution in [2.75, 3.05) is 43.7 Å². The van der Waals surface area contributed by atoms with Crippen LogP contribution in [-0.4, -0.2) is 55.5 Å². The molecule has 9 heteroatoms. The van der Waals surface area contributed by atoms with Gasteiger partial charge in [0, 0.05) is 20.3 Å². The van der Waals surface area contributed by atoms with E-state index in [0.717, 1.165) is 23.2 Å². The number of hydrogen-bond donors (Lipinski definition) is 3. The molecule has 3 N–H and O–H groups in total. The number of anilines is 2. The number of nitrogens with one attached hydrogen (secondary N) is 1. The summed E-state index contributed by atoms with van der Waals surface area (Å²) >= 11 is 0. The summed E-state index contributed by atoms with van der Waals surface area (Å²) < 4.78 is 15.5. The molecule has 0 fully saturated rings. The summed E-state index contributed by atoms with van der Waals surface area (Å²) in [6, 6.07) is 10.6. The molecule has 9 nitrogen and oxygen atoms in total. The predicted octanol–water partition coefficient (Wildman–Crippen LogP) is 1.45. The van der Waals surface area contributed by atoms with Crippen LogP contribution in [0, 0.1) is 0 Å². The maximum atomic E-state index is 11.8. The quantitative estimate of drug-likeness (QED) is 0.594. The van der Waals surface area contributed by atoms with Gasteiger partial charge in [0.25, 0.3) is 11.8 Å². The Hall–Kier alpha value is -3.14. The highest BCUT2D eigenvalue weighted by Gasteiger charge is 2.25. The molecule has 4 rings (SSSR count). The van der Waals surface area contributed by atoms with Gasteiger partial charge in [-0.15, -0.1) is 0 Å². The number of carbonyl (C=O) groups is 2. The summed E-state index contributed by atoms with van der Waals surface area (Å²) in [6.07, 6.45) is 0.769. The van der Waals surface area contributed by atoms with Gasteiger partial charge in [0.15, 0.2) is 13.2 Å². The van der Waals surface area contributed by atoms with Crippen molar-refractivity contribution in [3.8, 4) is 11.5 Å². The standard InChI is InChI=1S/C13H17NO4.C9H9NO3/c1-17-6-2-5-14-11-7-10(8-15)3-4-12(11)18-9-13(14)16;11-4-6-1-2-8-7(3-6)10-9(12)5-13-8/h3-4,7,15H,2,5-6,8-9H2,1H3;1-3,11H,4-5H2,(H,10,12). The Morgan fingerprint density at radius 3 is 2.39 bits per heavy atom. The summed E-state index contributed by atoms with van der Waals surface area (Å²) in [5.41, 5.74) is 2.88. The smallest absolute Gasteiger partial charge is 0.265 e. The summed E-state index contributed by atoms with van der Waals surface area (Å²) in [5.74, 6) is 1.11. The van der Waals surface area contributed by atoms with Crippen molar-refractivity contribution in [3.05, 3.63) is 47.5 Å². The van der Waals surface area contributed by atoms with Crippen LogP contribution in [0.2, 0.25) is 0 Å². The minimum absolute atomic E-state index is 0.0385. The second-order valence-electron chi connectivity index (χ2n) is 6.97. The minimum Gasteiger partial charge on any atom is -0.482 e. The Bertz CT molecular complexity index is 932. The zero-order valence-corrected chi connectivity index (χ0v) is 17.3. The number of aliphatic hydroxyl groups excluding tert-OH is 2. The summed E-state index contributed by atoms with van der Waals surface area (Å²) in [5, 5.41) is 20.7. The lowest BCUT2D eigenvalue weighted by Gasteiger charge is -2.29. The molecule has 0 aliphatic carbocycles. The lowest BCUT2D eigenvalue weighted by molar-refractivity contribution is -0.121. The topological polar surface area (TPSA) is 118 Å².